The number of carbonyl (C=O) groups excluding carboxylic acids is 1. The van der Waals surface area contributed by atoms with Crippen LogP contribution < -0.4 is 9.46 Å². The van der Waals surface area contributed by atoms with E-state index in [1.807, 2.05) is 23.1 Å². The fraction of sp³-hybridized carbons (Fsp3) is 0.458. The van der Waals surface area contributed by atoms with E-state index in [1.54, 1.807) is 12.1 Å². The van der Waals surface area contributed by atoms with Crippen molar-refractivity contribution in [1.82, 2.24) is 9.62 Å². The maximum Gasteiger partial charge on any atom is 0.240 e. The van der Waals surface area contributed by atoms with Gasteiger partial charge in [-0.2, -0.15) is 0 Å². The molecule has 33 heavy (non-hydrogen) atoms. The van der Waals surface area contributed by atoms with Crippen molar-refractivity contribution < 1.29 is 27.8 Å². The molecule has 2 N–H and O–H groups in total. The van der Waals surface area contributed by atoms with E-state index in [9.17, 15) is 18.3 Å². The Bertz CT molecular complexity index is 1070. The summed E-state index contributed by atoms with van der Waals surface area (Å²) in [6, 6.07) is 13.7. The Labute approximate surface area is 194 Å². The molecule has 8 nitrogen and oxygen atoms in total. The fourth-order valence-corrected chi connectivity index (χ4v) is 5.77. The Morgan fingerprint density at radius 3 is 2.58 bits per heavy atom. The van der Waals surface area contributed by atoms with Crippen LogP contribution in [0.3, 0.4) is 0 Å². The quantitative estimate of drug-likeness (QED) is 0.635. The van der Waals surface area contributed by atoms with E-state index in [1.165, 1.54) is 30.4 Å². The number of hydrogen-bond acceptors (Lipinski definition) is 6. The topological polar surface area (TPSA) is 105 Å². The molecule has 2 aromatic carbocycles. The SMILES string of the molecule is COc1ccc(S(=O)(=O)N[C@H]2CC[C@@H](CC(=O)N3CCc4ccccc4C3)O[C@@H]2CO)cc1. The molecule has 9 heteroatoms. The fourth-order valence-electron chi connectivity index (χ4n) is 4.47. The van der Waals surface area contributed by atoms with E-state index < -0.39 is 22.2 Å². The first-order chi connectivity index (χ1) is 15.9. The minimum atomic E-state index is -3.79. The highest BCUT2D eigenvalue weighted by Gasteiger charge is 2.35. The molecule has 0 spiro atoms. The molecule has 1 amide bonds. The van der Waals surface area contributed by atoms with Crippen molar-refractivity contribution in [2.24, 2.45) is 0 Å². The van der Waals surface area contributed by atoms with Crippen molar-refractivity contribution in [2.75, 3.05) is 20.3 Å². The van der Waals surface area contributed by atoms with Gasteiger partial charge in [-0.05, 0) is 54.7 Å². The van der Waals surface area contributed by atoms with Gasteiger partial charge in [-0.3, -0.25) is 4.79 Å². The summed E-state index contributed by atoms with van der Waals surface area (Å²) in [5.74, 6) is 0.580. The Balaban J connectivity index is 1.34. The Morgan fingerprint density at radius 2 is 1.88 bits per heavy atom. The van der Waals surface area contributed by atoms with E-state index in [-0.39, 0.29) is 29.9 Å². The average molecular weight is 475 g/mol. The summed E-state index contributed by atoms with van der Waals surface area (Å²) in [4.78, 5) is 14.8. The summed E-state index contributed by atoms with van der Waals surface area (Å²) < 4.78 is 39.2. The number of fused-ring (bicyclic) bond motifs is 1. The first-order valence-corrected chi connectivity index (χ1v) is 12.6. The third-order valence-corrected chi connectivity index (χ3v) is 7.86. The number of amides is 1. The van der Waals surface area contributed by atoms with Crippen LogP contribution in [0.4, 0.5) is 0 Å². The maximum absolute atomic E-state index is 12.9. The van der Waals surface area contributed by atoms with Crippen molar-refractivity contribution in [3.63, 3.8) is 0 Å². The van der Waals surface area contributed by atoms with Crippen LogP contribution in [-0.4, -0.2) is 62.8 Å². The van der Waals surface area contributed by atoms with Gasteiger partial charge in [-0.25, -0.2) is 13.1 Å². The molecule has 0 aromatic heterocycles. The molecule has 0 aliphatic carbocycles. The molecule has 0 radical (unpaired) electrons. The number of ether oxygens (including phenoxy) is 2. The predicted molar refractivity (Wildman–Crippen MR) is 122 cm³/mol. The molecule has 2 aromatic rings. The van der Waals surface area contributed by atoms with Crippen molar-refractivity contribution in [3.05, 3.63) is 59.7 Å². The van der Waals surface area contributed by atoms with Gasteiger partial charge in [0.25, 0.3) is 0 Å². The number of benzene rings is 2. The van der Waals surface area contributed by atoms with Crippen LogP contribution >= 0.6 is 0 Å². The number of carbonyl (C=O) groups is 1. The van der Waals surface area contributed by atoms with Crippen LogP contribution in [0.1, 0.15) is 30.4 Å². The van der Waals surface area contributed by atoms with Crippen molar-refractivity contribution in [3.8, 4) is 5.75 Å². The molecule has 0 unspecified atom stereocenters. The summed E-state index contributed by atoms with van der Waals surface area (Å²) >= 11 is 0. The van der Waals surface area contributed by atoms with Crippen LogP contribution in [0.5, 0.6) is 5.75 Å². The number of aliphatic hydroxyl groups is 1. The molecule has 4 rings (SSSR count). The highest BCUT2D eigenvalue weighted by atomic mass is 32.2. The van der Waals surface area contributed by atoms with Gasteiger partial charge in [0.05, 0.1) is 43.3 Å². The second kappa shape index (κ2) is 10.2. The molecule has 0 saturated carbocycles. The monoisotopic (exact) mass is 474 g/mol. The number of methoxy groups -OCH3 is 1. The lowest BCUT2D eigenvalue weighted by Gasteiger charge is -2.37. The van der Waals surface area contributed by atoms with Crippen molar-refractivity contribution in [1.29, 1.82) is 0 Å². The molecule has 1 saturated heterocycles. The van der Waals surface area contributed by atoms with Crippen LogP contribution in [0.2, 0.25) is 0 Å². The average Bonchev–Trinajstić information content (AvgIpc) is 2.84. The summed E-state index contributed by atoms with van der Waals surface area (Å²) in [5, 5.41) is 9.84. The summed E-state index contributed by atoms with van der Waals surface area (Å²) in [6.07, 6.45) is 0.989. The normalized spacial score (nSPS) is 23.1. The molecule has 0 bridgehead atoms. The van der Waals surface area contributed by atoms with Crippen LogP contribution in [0.25, 0.3) is 0 Å². The van der Waals surface area contributed by atoms with Gasteiger partial charge >= 0.3 is 0 Å². The van der Waals surface area contributed by atoms with E-state index in [0.717, 1.165) is 6.42 Å². The number of nitrogens with one attached hydrogen (secondary N) is 1. The van der Waals surface area contributed by atoms with Crippen LogP contribution in [0.15, 0.2) is 53.4 Å². The minimum absolute atomic E-state index is 0.0171. The minimum Gasteiger partial charge on any atom is -0.497 e. The zero-order valence-corrected chi connectivity index (χ0v) is 19.5. The molecule has 2 heterocycles. The van der Waals surface area contributed by atoms with Gasteiger partial charge in [0.2, 0.25) is 15.9 Å². The van der Waals surface area contributed by atoms with Crippen molar-refractivity contribution >= 4 is 15.9 Å². The van der Waals surface area contributed by atoms with Gasteiger partial charge < -0.3 is 19.5 Å². The molecular weight excluding hydrogens is 444 g/mol. The van der Waals surface area contributed by atoms with Gasteiger partial charge in [0.1, 0.15) is 5.75 Å². The van der Waals surface area contributed by atoms with Gasteiger partial charge in [-0.15, -0.1) is 0 Å². The number of aliphatic hydroxyl groups excluding tert-OH is 1. The second-order valence-corrected chi connectivity index (χ2v) is 10.2. The Hall–Kier alpha value is -2.46. The van der Waals surface area contributed by atoms with Gasteiger partial charge in [0, 0.05) is 13.1 Å². The summed E-state index contributed by atoms with van der Waals surface area (Å²) in [6.45, 7) is 0.934. The molecule has 2 aliphatic rings. The highest BCUT2D eigenvalue weighted by Crippen LogP contribution is 2.26. The van der Waals surface area contributed by atoms with Gasteiger partial charge in [0.15, 0.2) is 0 Å². The molecule has 2 aliphatic heterocycles. The molecular formula is C24H30N2O6S. The predicted octanol–water partition coefficient (Wildman–Crippen LogP) is 1.86. The summed E-state index contributed by atoms with van der Waals surface area (Å²) in [5.41, 5.74) is 2.45. The van der Waals surface area contributed by atoms with E-state index >= 15 is 0 Å². The molecule has 3 atom stereocenters. The van der Waals surface area contributed by atoms with E-state index in [2.05, 4.69) is 10.8 Å². The standard InChI is InChI=1S/C24H30N2O6S/c1-31-19-6-9-21(10-7-19)33(29,30)25-22-11-8-20(32-23(22)16-27)14-24(28)26-13-12-17-4-2-3-5-18(17)15-26/h2-7,9-10,20,22-23,25,27H,8,11-16H2,1H3/t20-,22-,23+/m0/s1. The number of rotatable bonds is 7. The lowest BCUT2D eigenvalue weighted by atomic mass is 9.96. The Morgan fingerprint density at radius 1 is 1.15 bits per heavy atom. The van der Waals surface area contributed by atoms with Gasteiger partial charge in [-0.1, -0.05) is 24.3 Å². The largest absolute Gasteiger partial charge is 0.497 e. The lowest BCUT2D eigenvalue weighted by molar-refractivity contribution is -0.140. The number of nitrogens with zero attached hydrogens (tertiary/aromatic N) is 1. The van der Waals surface area contributed by atoms with Crippen molar-refractivity contribution in [2.45, 2.75) is 55.4 Å². The smallest absolute Gasteiger partial charge is 0.240 e. The third kappa shape index (κ3) is 5.55. The summed E-state index contributed by atoms with van der Waals surface area (Å²) in [7, 11) is -2.27. The molecule has 1 fully saturated rings. The zero-order chi connectivity index (χ0) is 23.4. The number of hydrogen-bond donors (Lipinski definition) is 2. The second-order valence-electron chi connectivity index (χ2n) is 8.50. The first kappa shape index (κ1) is 23.7. The number of sulfonamides is 1. The maximum atomic E-state index is 12.9. The zero-order valence-electron chi connectivity index (χ0n) is 18.6. The van der Waals surface area contributed by atoms with Crippen LogP contribution in [-0.2, 0) is 32.5 Å². The third-order valence-electron chi connectivity index (χ3n) is 6.36. The van der Waals surface area contributed by atoms with Crippen LogP contribution in [0, 0.1) is 0 Å². The highest BCUT2D eigenvalue weighted by molar-refractivity contribution is 7.89. The Kier molecular flexibility index (Phi) is 7.33. The lowest BCUT2D eigenvalue weighted by Crippen LogP contribution is -2.51. The molecule has 178 valence electrons. The first-order valence-electron chi connectivity index (χ1n) is 11.2. The van der Waals surface area contributed by atoms with E-state index in [0.29, 0.717) is 31.7 Å². The van der Waals surface area contributed by atoms with E-state index in [4.69, 9.17) is 9.47 Å².